The quantitative estimate of drug-likeness (QED) is 0.470. The fraction of sp³-hybridized carbons (Fsp3) is 0.591. The second kappa shape index (κ2) is 10.00. The minimum absolute atomic E-state index is 0.114. The number of hydrogen-bond acceptors (Lipinski definition) is 8. The first-order valence-electron chi connectivity index (χ1n) is 10.3. The summed E-state index contributed by atoms with van der Waals surface area (Å²) in [7, 11) is 0. The van der Waals surface area contributed by atoms with Crippen LogP contribution in [-0.4, -0.2) is 55.1 Å². The zero-order chi connectivity index (χ0) is 23.2. The number of benzene rings is 1. The lowest BCUT2D eigenvalue weighted by atomic mass is 10.1. The van der Waals surface area contributed by atoms with Crippen molar-refractivity contribution in [1.29, 1.82) is 0 Å². The van der Waals surface area contributed by atoms with Crippen molar-refractivity contribution in [2.24, 2.45) is 0 Å². The minimum atomic E-state index is -1.06. The van der Waals surface area contributed by atoms with Crippen LogP contribution in [0.15, 0.2) is 24.3 Å². The summed E-state index contributed by atoms with van der Waals surface area (Å²) in [5.74, 6) is 0.114. The molecule has 2 aliphatic rings. The summed E-state index contributed by atoms with van der Waals surface area (Å²) in [6, 6.07) is 8.32. The van der Waals surface area contributed by atoms with Gasteiger partial charge < -0.3 is 29.7 Å². The number of amides is 1. The van der Waals surface area contributed by atoms with Crippen molar-refractivity contribution in [1.82, 2.24) is 5.32 Å². The van der Waals surface area contributed by atoms with Gasteiger partial charge in [-0.3, -0.25) is 4.79 Å². The topological polar surface area (TPSA) is 106 Å². The average molecular weight is 436 g/mol. The van der Waals surface area contributed by atoms with Crippen LogP contribution < -0.4 is 15.5 Å². The number of fused-ring (bicyclic) bond motifs is 3. The first-order chi connectivity index (χ1) is 14.3. The molecule has 1 fully saturated rings. The van der Waals surface area contributed by atoms with Gasteiger partial charge in [-0.1, -0.05) is 12.1 Å². The van der Waals surface area contributed by atoms with Gasteiger partial charge in [0.15, 0.2) is 0 Å². The lowest BCUT2D eigenvalue weighted by Crippen LogP contribution is -2.51. The highest BCUT2D eigenvalue weighted by Gasteiger charge is 2.29. The molecule has 0 bridgehead atoms. The Balaban J connectivity index is 0.000000221. The first-order valence-corrected chi connectivity index (χ1v) is 10.3. The van der Waals surface area contributed by atoms with Gasteiger partial charge in [-0.2, -0.15) is 0 Å². The number of ether oxygens (including phenoxy) is 3. The third-order valence-electron chi connectivity index (χ3n) is 4.20. The van der Waals surface area contributed by atoms with E-state index in [-0.39, 0.29) is 11.9 Å². The van der Waals surface area contributed by atoms with E-state index in [9.17, 15) is 14.4 Å². The van der Waals surface area contributed by atoms with Crippen LogP contribution in [0.3, 0.4) is 0 Å². The Bertz CT molecular complexity index is 771. The molecule has 31 heavy (non-hydrogen) atoms. The predicted octanol–water partition coefficient (Wildman–Crippen LogP) is 3.68. The summed E-state index contributed by atoms with van der Waals surface area (Å²) < 4.78 is 13.8. The van der Waals surface area contributed by atoms with Crippen molar-refractivity contribution < 1.29 is 28.6 Å². The van der Waals surface area contributed by atoms with Crippen LogP contribution in [0.25, 0.3) is 0 Å². The van der Waals surface area contributed by atoms with Gasteiger partial charge in [0.05, 0.1) is 17.4 Å². The Morgan fingerprint density at radius 2 is 1.58 bits per heavy atom. The molecule has 0 saturated carbocycles. The average Bonchev–Trinajstić information content (AvgIpc) is 2.74. The van der Waals surface area contributed by atoms with Crippen molar-refractivity contribution in [2.45, 2.75) is 65.2 Å². The fourth-order valence-electron chi connectivity index (χ4n) is 3.12. The first kappa shape index (κ1) is 24.5. The molecule has 0 aliphatic carbocycles. The third-order valence-corrected chi connectivity index (χ3v) is 4.20. The minimum Gasteiger partial charge on any atom is -0.428 e. The maximum Gasteiger partial charge on any atom is 0.519 e. The molecule has 0 radical (unpaired) electrons. The van der Waals surface area contributed by atoms with E-state index in [0.717, 1.165) is 31.0 Å². The Labute approximate surface area is 183 Å². The SMILES string of the molecule is CC(C)(C)OC(=O)OC(=O)OC(C)(C)C.O=C1CC2CNCCN2c2ccccc2N1. The Kier molecular flexibility index (Phi) is 7.89. The lowest BCUT2D eigenvalue weighted by Gasteiger charge is -2.36. The van der Waals surface area contributed by atoms with E-state index in [4.69, 9.17) is 9.47 Å². The zero-order valence-electron chi connectivity index (χ0n) is 19.1. The molecule has 2 N–H and O–H groups in total. The van der Waals surface area contributed by atoms with Gasteiger partial charge in [0.2, 0.25) is 5.91 Å². The number of carbonyl (C=O) groups is 3. The van der Waals surface area contributed by atoms with Crippen LogP contribution in [0.2, 0.25) is 0 Å². The van der Waals surface area contributed by atoms with E-state index < -0.39 is 23.5 Å². The van der Waals surface area contributed by atoms with E-state index in [0.29, 0.717) is 6.42 Å². The number of nitrogens with zero attached hydrogens (tertiary/aromatic N) is 1. The number of anilines is 2. The second-order valence-electron chi connectivity index (χ2n) is 9.35. The smallest absolute Gasteiger partial charge is 0.428 e. The van der Waals surface area contributed by atoms with Crippen LogP contribution in [0.4, 0.5) is 21.0 Å². The maximum absolute atomic E-state index is 11.7. The number of para-hydroxylation sites is 2. The Morgan fingerprint density at radius 1 is 1.00 bits per heavy atom. The fourth-order valence-corrected chi connectivity index (χ4v) is 3.12. The molecule has 0 aromatic heterocycles. The molecule has 172 valence electrons. The summed E-state index contributed by atoms with van der Waals surface area (Å²) in [5, 5.41) is 6.31. The Morgan fingerprint density at radius 3 is 2.16 bits per heavy atom. The molecule has 1 aromatic rings. The highest BCUT2D eigenvalue weighted by molar-refractivity contribution is 5.96. The largest absolute Gasteiger partial charge is 0.519 e. The summed E-state index contributed by atoms with van der Waals surface area (Å²) in [6.07, 6.45) is -1.55. The molecule has 1 atom stereocenters. The lowest BCUT2D eigenvalue weighted by molar-refractivity contribution is -0.116. The number of piperazine rings is 1. The van der Waals surface area contributed by atoms with Crippen molar-refractivity contribution in [3.8, 4) is 0 Å². The number of nitrogens with one attached hydrogen (secondary N) is 2. The van der Waals surface area contributed by atoms with Gasteiger partial charge in [-0.15, -0.1) is 0 Å². The molecule has 2 heterocycles. The summed E-state index contributed by atoms with van der Waals surface area (Å²) in [6.45, 7) is 12.9. The van der Waals surface area contributed by atoms with E-state index in [1.807, 2.05) is 18.2 Å². The molecule has 3 rings (SSSR count). The number of hydrogen-bond donors (Lipinski definition) is 2. The second-order valence-corrected chi connectivity index (χ2v) is 9.35. The number of carbonyl (C=O) groups excluding carboxylic acids is 3. The standard InChI is InChI=1S/C12H15N3O.C10H18O5/c16-12-7-9-8-13-5-6-15(9)11-4-2-1-3-10(11)14-12;1-9(2,3)14-7(11)13-8(12)15-10(4,5)6/h1-4,9,13H,5-8H2,(H,14,16);1-6H3. The molecular formula is C22H33N3O6. The molecule has 1 unspecified atom stereocenters. The van der Waals surface area contributed by atoms with Crippen molar-refractivity contribution in [2.75, 3.05) is 29.9 Å². The van der Waals surface area contributed by atoms with Crippen LogP contribution in [0.5, 0.6) is 0 Å². The highest BCUT2D eigenvalue weighted by atomic mass is 16.8. The van der Waals surface area contributed by atoms with Crippen molar-refractivity contribution in [3.63, 3.8) is 0 Å². The molecule has 1 amide bonds. The van der Waals surface area contributed by atoms with E-state index in [1.165, 1.54) is 0 Å². The zero-order valence-corrected chi connectivity index (χ0v) is 19.1. The van der Waals surface area contributed by atoms with Crippen molar-refractivity contribution >= 4 is 29.6 Å². The van der Waals surface area contributed by atoms with Gasteiger partial charge in [0.1, 0.15) is 11.2 Å². The van der Waals surface area contributed by atoms with Gasteiger partial charge in [-0.05, 0) is 53.7 Å². The van der Waals surface area contributed by atoms with Crippen molar-refractivity contribution in [3.05, 3.63) is 24.3 Å². The maximum atomic E-state index is 11.7. The summed E-state index contributed by atoms with van der Waals surface area (Å²) in [5.41, 5.74) is 0.704. The molecule has 1 saturated heterocycles. The summed E-state index contributed by atoms with van der Waals surface area (Å²) in [4.78, 5) is 36.1. The van der Waals surface area contributed by atoms with E-state index in [2.05, 4.69) is 26.3 Å². The van der Waals surface area contributed by atoms with E-state index >= 15 is 0 Å². The molecule has 0 spiro atoms. The molecule has 9 nitrogen and oxygen atoms in total. The number of rotatable bonds is 0. The Hall–Kier alpha value is -2.81. The molecule has 2 aliphatic heterocycles. The monoisotopic (exact) mass is 435 g/mol. The van der Waals surface area contributed by atoms with Crippen LogP contribution in [0.1, 0.15) is 48.0 Å². The predicted molar refractivity (Wildman–Crippen MR) is 117 cm³/mol. The normalized spacial score (nSPS) is 18.2. The third kappa shape index (κ3) is 8.45. The van der Waals surface area contributed by atoms with Gasteiger partial charge in [-0.25, -0.2) is 9.59 Å². The van der Waals surface area contributed by atoms with Gasteiger partial charge >= 0.3 is 12.3 Å². The molecular weight excluding hydrogens is 402 g/mol. The van der Waals surface area contributed by atoms with Gasteiger partial charge in [0.25, 0.3) is 0 Å². The highest BCUT2D eigenvalue weighted by Crippen LogP contribution is 2.31. The van der Waals surface area contributed by atoms with Crippen LogP contribution in [0, 0.1) is 0 Å². The van der Waals surface area contributed by atoms with Crippen LogP contribution >= 0.6 is 0 Å². The summed E-state index contributed by atoms with van der Waals surface area (Å²) >= 11 is 0. The van der Waals surface area contributed by atoms with Crippen LogP contribution in [-0.2, 0) is 19.0 Å². The molecule has 1 aromatic carbocycles. The van der Waals surface area contributed by atoms with E-state index in [1.54, 1.807) is 41.5 Å². The van der Waals surface area contributed by atoms with Gasteiger partial charge in [0, 0.05) is 26.1 Å². The molecule has 9 heteroatoms.